The van der Waals surface area contributed by atoms with Crippen molar-refractivity contribution in [3.05, 3.63) is 66.5 Å². The summed E-state index contributed by atoms with van der Waals surface area (Å²) < 4.78 is 13.3. The molecule has 9 nitrogen and oxygen atoms in total. The van der Waals surface area contributed by atoms with Crippen LogP contribution in [0, 0.1) is 11.8 Å². The number of aromatic nitrogens is 3. The maximum atomic E-state index is 13.6. The molecule has 2 unspecified atom stereocenters. The fourth-order valence-corrected chi connectivity index (χ4v) is 6.28. The van der Waals surface area contributed by atoms with Crippen LogP contribution in [0.15, 0.2) is 60.8 Å². The predicted octanol–water partition coefficient (Wildman–Crippen LogP) is 2.92. The molecule has 2 bridgehead atoms. The lowest BCUT2D eigenvalue weighted by Gasteiger charge is -2.50. The van der Waals surface area contributed by atoms with Crippen molar-refractivity contribution in [2.75, 3.05) is 51.3 Å². The minimum absolute atomic E-state index is 0.100. The largest absolute Gasteiger partial charge is 0.495 e. The Kier molecular flexibility index (Phi) is 7.18. The van der Waals surface area contributed by atoms with Gasteiger partial charge in [-0.2, -0.15) is 0 Å². The van der Waals surface area contributed by atoms with Gasteiger partial charge in [0.15, 0.2) is 0 Å². The lowest BCUT2D eigenvalue weighted by atomic mass is 9.75. The molecule has 2 aromatic carbocycles. The SMILES string of the molecule is COc1ccccc1N1CCN(C(=O)[C@H]2CN3CCC2C[C@@H]3Cn2cc(COc3ccccc3)nn2)CC1. The highest BCUT2D eigenvalue weighted by Gasteiger charge is 2.44. The molecule has 0 aliphatic carbocycles. The summed E-state index contributed by atoms with van der Waals surface area (Å²) in [6.45, 7) is 6.29. The standard InChI is InChI=1S/C29H36N6O3/c1-37-28-10-6-5-9-27(28)32-13-15-33(16-14-32)29(36)26-20-34-12-11-22(26)17-24(34)19-35-18-23(30-31-35)21-38-25-7-3-2-4-8-25/h2-10,18,22,24,26H,11-17,19-21H2,1H3/t22?,24-,26+/m1/s1. The molecule has 1 aromatic heterocycles. The van der Waals surface area contributed by atoms with Gasteiger partial charge in [0, 0.05) is 38.8 Å². The second-order valence-corrected chi connectivity index (χ2v) is 10.6. The van der Waals surface area contributed by atoms with Crippen LogP contribution in [0.4, 0.5) is 5.69 Å². The van der Waals surface area contributed by atoms with E-state index in [4.69, 9.17) is 9.47 Å². The lowest BCUT2D eigenvalue weighted by Crippen LogP contribution is -2.60. The third-order valence-electron chi connectivity index (χ3n) is 8.33. The average molecular weight is 517 g/mol. The Morgan fingerprint density at radius 3 is 2.55 bits per heavy atom. The second kappa shape index (κ2) is 11.0. The van der Waals surface area contributed by atoms with Crippen LogP contribution in [0.25, 0.3) is 0 Å². The highest BCUT2D eigenvalue weighted by atomic mass is 16.5. The molecule has 0 N–H and O–H groups in total. The number of fused-ring (bicyclic) bond motifs is 3. The van der Waals surface area contributed by atoms with Gasteiger partial charge < -0.3 is 19.3 Å². The summed E-state index contributed by atoms with van der Waals surface area (Å²) in [5, 5.41) is 8.65. The van der Waals surface area contributed by atoms with E-state index in [0.717, 1.165) is 81.5 Å². The van der Waals surface area contributed by atoms with Crippen molar-refractivity contribution in [3.8, 4) is 11.5 Å². The van der Waals surface area contributed by atoms with Gasteiger partial charge in [-0.25, -0.2) is 0 Å². The van der Waals surface area contributed by atoms with Crippen LogP contribution in [0.2, 0.25) is 0 Å². The molecule has 38 heavy (non-hydrogen) atoms. The van der Waals surface area contributed by atoms with Crippen LogP contribution in [-0.2, 0) is 17.9 Å². The van der Waals surface area contributed by atoms with Gasteiger partial charge in [-0.1, -0.05) is 35.5 Å². The van der Waals surface area contributed by atoms with Crippen LogP contribution in [0.5, 0.6) is 11.5 Å². The van der Waals surface area contributed by atoms with Crippen molar-refractivity contribution in [3.63, 3.8) is 0 Å². The third kappa shape index (κ3) is 5.20. The Morgan fingerprint density at radius 2 is 1.79 bits per heavy atom. The van der Waals surface area contributed by atoms with Gasteiger partial charge in [-0.15, -0.1) is 5.10 Å². The van der Waals surface area contributed by atoms with Crippen LogP contribution in [0.1, 0.15) is 18.5 Å². The molecule has 9 heteroatoms. The maximum Gasteiger partial charge on any atom is 0.227 e. The zero-order valence-corrected chi connectivity index (χ0v) is 22.0. The fourth-order valence-electron chi connectivity index (χ4n) is 6.28. The van der Waals surface area contributed by atoms with E-state index in [1.165, 1.54) is 0 Å². The number of carbonyl (C=O) groups is 1. The maximum absolute atomic E-state index is 13.6. The minimum Gasteiger partial charge on any atom is -0.495 e. The van der Waals surface area contributed by atoms with Gasteiger partial charge in [0.2, 0.25) is 5.91 Å². The Morgan fingerprint density at radius 1 is 1.00 bits per heavy atom. The predicted molar refractivity (Wildman–Crippen MR) is 144 cm³/mol. The van der Waals surface area contributed by atoms with Gasteiger partial charge in [0.25, 0.3) is 0 Å². The van der Waals surface area contributed by atoms with Crippen molar-refractivity contribution in [2.45, 2.75) is 32.0 Å². The molecule has 200 valence electrons. The summed E-state index contributed by atoms with van der Waals surface area (Å²) in [4.78, 5) is 20.5. The van der Waals surface area contributed by atoms with Gasteiger partial charge in [-0.3, -0.25) is 14.4 Å². The van der Waals surface area contributed by atoms with Crippen molar-refractivity contribution in [2.24, 2.45) is 11.8 Å². The Bertz CT molecular complexity index is 1230. The summed E-state index contributed by atoms with van der Waals surface area (Å²) in [6.07, 6.45) is 4.12. The van der Waals surface area contributed by atoms with E-state index < -0.39 is 0 Å². The van der Waals surface area contributed by atoms with Crippen LogP contribution in [0.3, 0.4) is 0 Å². The lowest BCUT2D eigenvalue weighted by molar-refractivity contribution is -0.144. The smallest absolute Gasteiger partial charge is 0.227 e. The highest BCUT2D eigenvalue weighted by molar-refractivity contribution is 5.80. The number of para-hydroxylation sites is 3. The molecule has 4 fully saturated rings. The molecule has 7 rings (SSSR count). The topological polar surface area (TPSA) is 76.0 Å². The number of hydrogen-bond acceptors (Lipinski definition) is 7. The third-order valence-corrected chi connectivity index (χ3v) is 8.33. The molecule has 0 spiro atoms. The highest BCUT2D eigenvalue weighted by Crippen LogP contribution is 2.38. The number of carbonyl (C=O) groups excluding carboxylic acids is 1. The molecule has 0 saturated carbocycles. The number of rotatable bonds is 8. The number of piperazine rings is 1. The summed E-state index contributed by atoms with van der Waals surface area (Å²) in [5.41, 5.74) is 1.93. The number of ether oxygens (including phenoxy) is 2. The number of benzene rings is 2. The van der Waals surface area contributed by atoms with Gasteiger partial charge in [0.05, 0.1) is 31.5 Å². The van der Waals surface area contributed by atoms with E-state index in [0.29, 0.717) is 24.5 Å². The van der Waals surface area contributed by atoms with Crippen molar-refractivity contribution >= 4 is 11.6 Å². The zero-order valence-electron chi connectivity index (χ0n) is 22.0. The normalized spacial score (nSPS) is 24.9. The molecule has 4 aliphatic heterocycles. The number of amides is 1. The molecular formula is C29H36N6O3. The summed E-state index contributed by atoms with van der Waals surface area (Å²) >= 11 is 0. The minimum atomic E-state index is 0.100. The molecule has 0 radical (unpaired) electrons. The van der Waals surface area contributed by atoms with Crippen LogP contribution >= 0.6 is 0 Å². The zero-order chi connectivity index (χ0) is 25.9. The van der Waals surface area contributed by atoms with Crippen LogP contribution < -0.4 is 14.4 Å². The fraction of sp³-hybridized carbons (Fsp3) is 0.483. The molecule has 4 saturated heterocycles. The summed E-state index contributed by atoms with van der Waals surface area (Å²) in [6, 6.07) is 18.3. The average Bonchev–Trinajstić information content (AvgIpc) is 3.44. The van der Waals surface area contributed by atoms with Gasteiger partial charge in [-0.05, 0) is 49.6 Å². The van der Waals surface area contributed by atoms with E-state index in [9.17, 15) is 4.79 Å². The van der Waals surface area contributed by atoms with E-state index in [1.54, 1.807) is 7.11 Å². The van der Waals surface area contributed by atoms with Crippen molar-refractivity contribution in [1.82, 2.24) is 24.8 Å². The molecule has 4 aliphatic rings. The van der Waals surface area contributed by atoms with Crippen molar-refractivity contribution in [1.29, 1.82) is 0 Å². The first kappa shape index (κ1) is 24.7. The molecule has 4 atom stereocenters. The summed E-state index contributed by atoms with van der Waals surface area (Å²) in [5.74, 6) is 2.59. The van der Waals surface area contributed by atoms with E-state index in [2.05, 4.69) is 31.1 Å². The quantitative estimate of drug-likeness (QED) is 0.456. The number of anilines is 1. The van der Waals surface area contributed by atoms with Crippen molar-refractivity contribution < 1.29 is 14.3 Å². The number of methoxy groups -OCH3 is 1. The van der Waals surface area contributed by atoms with E-state index in [-0.39, 0.29) is 5.92 Å². The first-order valence-corrected chi connectivity index (χ1v) is 13.7. The summed E-state index contributed by atoms with van der Waals surface area (Å²) in [7, 11) is 1.71. The first-order chi connectivity index (χ1) is 18.7. The van der Waals surface area contributed by atoms with Gasteiger partial charge >= 0.3 is 0 Å². The molecule has 3 aromatic rings. The number of piperidine rings is 3. The van der Waals surface area contributed by atoms with E-state index >= 15 is 0 Å². The Labute approximate surface area is 223 Å². The van der Waals surface area contributed by atoms with Gasteiger partial charge in [0.1, 0.15) is 23.8 Å². The Hall–Kier alpha value is -3.59. The molecule has 1 amide bonds. The number of hydrogen-bond donors (Lipinski definition) is 0. The molecular weight excluding hydrogens is 480 g/mol. The first-order valence-electron chi connectivity index (χ1n) is 13.7. The number of nitrogens with zero attached hydrogens (tertiary/aromatic N) is 6. The van der Waals surface area contributed by atoms with E-state index in [1.807, 2.05) is 59.4 Å². The Balaban J connectivity index is 1.01. The second-order valence-electron chi connectivity index (χ2n) is 10.6. The van der Waals surface area contributed by atoms with Crippen LogP contribution in [-0.4, -0.2) is 83.1 Å². The molecule has 5 heterocycles. The monoisotopic (exact) mass is 516 g/mol.